The maximum atomic E-state index is 13.1. The second kappa shape index (κ2) is 4.79. The number of hydrogen-bond donors (Lipinski definition) is 1. The van der Waals surface area contributed by atoms with Crippen molar-refractivity contribution in [1.29, 1.82) is 0 Å². The van der Waals surface area contributed by atoms with Gasteiger partial charge < -0.3 is 9.84 Å². The van der Waals surface area contributed by atoms with Gasteiger partial charge in [-0.3, -0.25) is 0 Å². The second-order valence-corrected chi connectivity index (χ2v) is 3.29. The summed E-state index contributed by atoms with van der Waals surface area (Å²) >= 11 is 5.44. The molecule has 0 aliphatic heterocycles. The largest absolute Gasteiger partial charge is 0.488 e. The van der Waals surface area contributed by atoms with Crippen molar-refractivity contribution in [3.8, 4) is 5.75 Å². The Bertz CT molecular complexity index is 404. The molecule has 0 amide bonds. The van der Waals surface area contributed by atoms with Crippen molar-refractivity contribution in [1.82, 2.24) is 0 Å². The molecular weight excluding hydrogens is 223 g/mol. The number of aromatic carboxylic acids is 1. The van der Waals surface area contributed by atoms with Crippen LogP contribution in [0.15, 0.2) is 29.8 Å². The van der Waals surface area contributed by atoms with Gasteiger partial charge in [0.25, 0.3) is 0 Å². The van der Waals surface area contributed by atoms with E-state index in [4.69, 9.17) is 21.4 Å². The summed E-state index contributed by atoms with van der Waals surface area (Å²) < 4.78 is 18.1. The number of carbonyl (C=O) groups is 1. The highest BCUT2D eigenvalue weighted by molar-refractivity contribution is 6.29. The average Bonchev–Trinajstić information content (AvgIpc) is 2.14. The lowest BCUT2D eigenvalue weighted by Crippen LogP contribution is -2.02. The smallest absolute Gasteiger partial charge is 0.338 e. The van der Waals surface area contributed by atoms with Crippen LogP contribution in [0, 0.1) is 5.82 Å². The fourth-order valence-corrected chi connectivity index (χ4v) is 0.975. The highest BCUT2D eigenvalue weighted by Crippen LogP contribution is 2.17. The van der Waals surface area contributed by atoms with Crippen LogP contribution in [0.1, 0.15) is 10.4 Å². The molecule has 80 valence electrons. The van der Waals surface area contributed by atoms with Gasteiger partial charge in [-0.05, 0) is 12.1 Å². The summed E-state index contributed by atoms with van der Waals surface area (Å²) in [5, 5.41) is 8.83. The van der Waals surface area contributed by atoms with Gasteiger partial charge in [-0.15, -0.1) is 0 Å². The topological polar surface area (TPSA) is 46.5 Å². The van der Waals surface area contributed by atoms with Gasteiger partial charge in [0, 0.05) is 11.1 Å². The van der Waals surface area contributed by atoms with Crippen molar-refractivity contribution in [2.24, 2.45) is 0 Å². The number of benzene rings is 1. The highest BCUT2D eigenvalue weighted by Gasteiger charge is 2.10. The lowest BCUT2D eigenvalue weighted by atomic mass is 10.2. The van der Waals surface area contributed by atoms with E-state index in [0.717, 1.165) is 12.1 Å². The molecule has 0 unspecified atom stereocenters. The van der Waals surface area contributed by atoms with E-state index in [9.17, 15) is 9.18 Å². The Morgan fingerprint density at radius 1 is 1.60 bits per heavy atom. The first-order valence-corrected chi connectivity index (χ1v) is 4.37. The summed E-state index contributed by atoms with van der Waals surface area (Å²) in [5.41, 5.74) is -0.396. The third-order valence-electron chi connectivity index (χ3n) is 1.57. The van der Waals surface area contributed by atoms with Crippen molar-refractivity contribution in [3.63, 3.8) is 0 Å². The van der Waals surface area contributed by atoms with Gasteiger partial charge in [0.2, 0.25) is 0 Å². The molecular formula is C10H8ClFO3. The molecule has 0 fully saturated rings. The minimum absolute atomic E-state index is 0.0490. The molecule has 1 aromatic rings. The van der Waals surface area contributed by atoms with Crippen LogP contribution in [0.25, 0.3) is 0 Å². The Hall–Kier alpha value is -1.55. The van der Waals surface area contributed by atoms with Crippen molar-refractivity contribution in [2.75, 3.05) is 6.61 Å². The minimum atomic E-state index is -1.32. The first-order valence-electron chi connectivity index (χ1n) is 3.99. The molecule has 0 aromatic heterocycles. The van der Waals surface area contributed by atoms with Crippen LogP contribution in [0.2, 0.25) is 0 Å². The first-order chi connectivity index (χ1) is 7.00. The van der Waals surface area contributed by atoms with E-state index in [1.807, 2.05) is 0 Å². The summed E-state index contributed by atoms with van der Waals surface area (Å²) in [5.74, 6) is -1.96. The first kappa shape index (κ1) is 11.5. The SMILES string of the molecule is C=C(Cl)COc1ccc(C(=O)O)c(F)c1. The van der Waals surface area contributed by atoms with Crippen molar-refractivity contribution in [3.05, 3.63) is 41.2 Å². The zero-order valence-corrected chi connectivity index (χ0v) is 8.42. The number of halogens is 2. The van der Waals surface area contributed by atoms with Crippen LogP contribution in [0.4, 0.5) is 4.39 Å². The van der Waals surface area contributed by atoms with Gasteiger partial charge in [0.1, 0.15) is 18.2 Å². The fraction of sp³-hybridized carbons (Fsp3) is 0.100. The third-order valence-corrected chi connectivity index (χ3v) is 1.68. The van der Waals surface area contributed by atoms with E-state index in [1.165, 1.54) is 6.07 Å². The molecule has 1 N–H and O–H groups in total. The second-order valence-electron chi connectivity index (χ2n) is 2.75. The van der Waals surface area contributed by atoms with Crippen molar-refractivity contribution in [2.45, 2.75) is 0 Å². The van der Waals surface area contributed by atoms with Gasteiger partial charge in [-0.25, -0.2) is 9.18 Å². The number of carboxylic acid groups (broad SMARTS) is 1. The van der Waals surface area contributed by atoms with Gasteiger partial charge in [-0.2, -0.15) is 0 Å². The van der Waals surface area contributed by atoms with Crippen molar-refractivity contribution >= 4 is 17.6 Å². The summed E-state index contributed by atoms with van der Waals surface area (Å²) in [6, 6.07) is 3.47. The van der Waals surface area contributed by atoms with Crippen LogP contribution in [0.3, 0.4) is 0 Å². The van der Waals surface area contributed by atoms with Crippen LogP contribution in [-0.2, 0) is 0 Å². The van der Waals surface area contributed by atoms with E-state index < -0.39 is 17.3 Å². The summed E-state index contributed by atoms with van der Waals surface area (Å²) in [6.07, 6.45) is 0. The van der Waals surface area contributed by atoms with E-state index in [1.54, 1.807) is 0 Å². The molecule has 0 aliphatic carbocycles. The van der Waals surface area contributed by atoms with Crippen LogP contribution < -0.4 is 4.74 Å². The Balaban J connectivity index is 2.82. The maximum Gasteiger partial charge on any atom is 0.338 e. The lowest BCUT2D eigenvalue weighted by Gasteiger charge is -2.05. The standard InChI is InChI=1S/C10H8ClFO3/c1-6(11)5-15-7-2-3-8(10(13)14)9(12)4-7/h2-4H,1,5H2,(H,13,14). The minimum Gasteiger partial charge on any atom is -0.488 e. The number of hydrogen-bond acceptors (Lipinski definition) is 2. The molecule has 0 spiro atoms. The predicted molar refractivity (Wildman–Crippen MR) is 53.8 cm³/mol. The molecule has 0 atom stereocenters. The molecule has 0 radical (unpaired) electrons. The molecule has 0 saturated carbocycles. The van der Waals surface area contributed by atoms with Crippen LogP contribution in [-0.4, -0.2) is 17.7 Å². The quantitative estimate of drug-likeness (QED) is 0.865. The zero-order valence-electron chi connectivity index (χ0n) is 7.67. The van der Waals surface area contributed by atoms with Crippen molar-refractivity contribution < 1.29 is 19.0 Å². The number of carboxylic acids is 1. The van der Waals surface area contributed by atoms with E-state index >= 15 is 0 Å². The van der Waals surface area contributed by atoms with Crippen LogP contribution in [0.5, 0.6) is 5.75 Å². The molecule has 1 aromatic carbocycles. The third kappa shape index (κ3) is 3.25. The number of ether oxygens (including phenoxy) is 1. The van der Waals surface area contributed by atoms with E-state index in [-0.39, 0.29) is 17.4 Å². The molecule has 15 heavy (non-hydrogen) atoms. The van der Waals surface area contributed by atoms with Crippen LogP contribution >= 0.6 is 11.6 Å². The molecule has 0 heterocycles. The van der Waals surface area contributed by atoms with E-state index in [0.29, 0.717) is 0 Å². The van der Waals surface area contributed by atoms with Gasteiger partial charge in [-0.1, -0.05) is 18.2 Å². The molecule has 1 rings (SSSR count). The van der Waals surface area contributed by atoms with Gasteiger partial charge >= 0.3 is 5.97 Å². The average molecular weight is 231 g/mol. The molecule has 3 nitrogen and oxygen atoms in total. The Morgan fingerprint density at radius 3 is 2.73 bits per heavy atom. The Labute approximate surface area is 90.7 Å². The highest BCUT2D eigenvalue weighted by atomic mass is 35.5. The van der Waals surface area contributed by atoms with Gasteiger partial charge in [0.05, 0.1) is 5.56 Å². The molecule has 0 aliphatic rings. The molecule has 5 heteroatoms. The normalized spacial score (nSPS) is 9.73. The molecule has 0 saturated heterocycles. The number of rotatable bonds is 4. The lowest BCUT2D eigenvalue weighted by molar-refractivity contribution is 0.0692. The fourth-order valence-electron chi connectivity index (χ4n) is 0.921. The summed E-state index contributed by atoms with van der Waals surface area (Å²) in [6.45, 7) is 3.44. The molecule has 0 bridgehead atoms. The maximum absolute atomic E-state index is 13.1. The van der Waals surface area contributed by atoms with Gasteiger partial charge in [0.15, 0.2) is 0 Å². The predicted octanol–water partition coefficient (Wildman–Crippen LogP) is 2.66. The zero-order chi connectivity index (χ0) is 11.4. The Morgan fingerprint density at radius 2 is 2.27 bits per heavy atom. The summed E-state index contributed by atoms with van der Waals surface area (Å²) in [4.78, 5) is 10.5. The van der Waals surface area contributed by atoms with E-state index in [2.05, 4.69) is 6.58 Å². The Kier molecular flexibility index (Phi) is 3.68. The summed E-state index contributed by atoms with van der Waals surface area (Å²) in [7, 11) is 0. The monoisotopic (exact) mass is 230 g/mol.